The third-order valence-corrected chi connectivity index (χ3v) is 7.47. The van der Waals surface area contributed by atoms with Crippen LogP contribution >= 0.6 is 0 Å². The molecular weight excluding hydrogens is 504 g/mol. The lowest BCUT2D eigenvalue weighted by Gasteiger charge is -2.44. The first-order valence-corrected chi connectivity index (χ1v) is 12.1. The number of phenols is 1. The van der Waals surface area contributed by atoms with Crippen molar-refractivity contribution in [2.24, 2.45) is 5.92 Å². The first-order chi connectivity index (χ1) is 18.1. The van der Waals surface area contributed by atoms with Gasteiger partial charge in [-0.2, -0.15) is 0 Å². The summed E-state index contributed by atoms with van der Waals surface area (Å²) in [5.41, 5.74) is 0.115. The van der Waals surface area contributed by atoms with E-state index >= 15 is 0 Å². The average Bonchev–Trinajstić information content (AvgIpc) is 2.92. The van der Waals surface area contributed by atoms with Crippen molar-refractivity contribution in [3.05, 3.63) is 47.0 Å². The van der Waals surface area contributed by atoms with Crippen molar-refractivity contribution in [2.45, 2.75) is 48.6 Å². The molecule has 8 atom stereocenters. The van der Waals surface area contributed by atoms with E-state index in [1.807, 2.05) is 0 Å². The third-order valence-electron chi connectivity index (χ3n) is 7.47. The molecule has 8 unspecified atom stereocenters. The molecule has 0 amide bonds. The van der Waals surface area contributed by atoms with Gasteiger partial charge in [-0.1, -0.05) is 6.07 Å². The highest BCUT2D eigenvalue weighted by molar-refractivity contribution is 5.54. The number of benzene rings is 2. The molecule has 210 valence electrons. The van der Waals surface area contributed by atoms with Crippen LogP contribution in [0.2, 0.25) is 0 Å². The number of fused-ring (bicyclic) bond motifs is 1. The molecule has 1 aliphatic carbocycles. The number of ether oxygens (including phenoxy) is 4. The molecule has 4 rings (SSSR count). The Labute approximate surface area is 218 Å². The molecule has 8 N–H and O–H groups in total. The molecule has 1 heterocycles. The standard InChI is InChI=1S/C26H34O12/c1-35-18-6-13-8-26(34,11-29)15(9-27)21(14(13)7-16(18)30)12-3-4-17(19(5-12)36-2)37-25-24(33)23(32)22(31)20(10-28)38-25/h3-7,15,20-25,27-34H,8-11H2,1-2H3. The van der Waals surface area contributed by atoms with E-state index in [0.29, 0.717) is 16.7 Å². The second-order valence-corrected chi connectivity index (χ2v) is 9.65. The summed E-state index contributed by atoms with van der Waals surface area (Å²) in [6, 6.07) is 7.80. The van der Waals surface area contributed by atoms with E-state index in [-0.39, 0.29) is 29.4 Å². The molecule has 1 saturated heterocycles. The summed E-state index contributed by atoms with van der Waals surface area (Å²) >= 11 is 0. The Hall–Kier alpha value is -2.68. The fourth-order valence-electron chi connectivity index (χ4n) is 5.35. The number of rotatable bonds is 8. The molecule has 1 aliphatic heterocycles. The van der Waals surface area contributed by atoms with Crippen LogP contribution in [0.15, 0.2) is 30.3 Å². The quantitative estimate of drug-likeness (QED) is 0.196. The maximum Gasteiger partial charge on any atom is 0.229 e. The van der Waals surface area contributed by atoms with Crippen LogP contribution in [0.25, 0.3) is 0 Å². The topological polar surface area (TPSA) is 199 Å². The molecule has 0 radical (unpaired) electrons. The summed E-state index contributed by atoms with van der Waals surface area (Å²) in [7, 11) is 2.77. The zero-order valence-electron chi connectivity index (χ0n) is 21.0. The van der Waals surface area contributed by atoms with Crippen LogP contribution in [0.5, 0.6) is 23.0 Å². The van der Waals surface area contributed by atoms with Crippen LogP contribution in [0, 0.1) is 5.92 Å². The van der Waals surface area contributed by atoms with Crippen molar-refractivity contribution in [1.29, 1.82) is 0 Å². The predicted molar refractivity (Wildman–Crippen MR) is 130 cm³/mol. The fraction of sp³-hybridized carbons (Fsp3) is 0.538. The summed E-state index contributed by atoms with van der Waals surface area (Å²) in [6.45, 7) is -1.71. The van der Waals surface area contributed by atoms with Gasteiger partial charge in [0.25, 0.3) is 0 Å². The third kappa shape index (κ3) is 4.90. The zero-order chi connectivity index (χ0) is 27.8. The Bertz CT molecular complexity index is 1120. The highest BCUT2D eigenvalue weighted by Crippen LogP contribution is 2.49. The van der Waals surface area contributed by atoms with Gasteiger partial charge in [-0.15, -0.1) is 0 Å². The van der Waals surface area contributed by atoms with Gasteiger partial charge in [0.1, 0.15) is 24.4 Å². The van der Waals surface area contributed by atoms with E-state index in [1.54, 1.807) is 18.2 Å². The largest absolute Gasteiger partial charge is 0.504 e. The summed E-state index contributed by atoms with van der Waals surface area (Å²) in [5.74, 6) is -1.19. The van der Waals surface area contributed by atoms with Crippen LogP contribution in [-0.2, 0) is 11.2 Å². The van der Waals surface area contributed by atoms with E-state index in [9.17, 15) is 40.9 Å². The molecule has 12 nitrogen and oxygen atoms in total. The summed E-state index contributed by atoms with van der Waals surface area (Å²) in [6.07, 6.45) is -7.36. The summed E-state index contributed by atoms with van der Waals surface area (Å²) in [4.78, 5) is 0. The number of methoxy groups -OCH3 is 2. The Morgan fingerprint density at radius 3 is 2.21 bits per heavy atom. The molecule has 1 fully saturated rings. The van der Waals surface area contributed by atoms with Gasteiger partial charge in [0.15, 0.2) is 23.0 Å². The van der Waals surface area contributed by atoms with Gasteiger partial charge in [0.05, 0.1) is 33.0 Å². The second kappa shape index (κ2) is 11.2. The van der Waals surface area contributed by atoms with Gasteiger partial charge in [-0.3, -0.25) is 0 Å². The van der Waals surface area contributed by atoms with E-state index in [4.69, 9.17) is 18.9 Å². The van der Waals surface area contributed by atoms with E-state index in [1.165, 1.54) is 26.4 Å². The van der Waals surface area contributed by atoms with Gasteiger partial charge in [0, 0.05) is 24.9 Å². The zero-order valence-corrected chi connectivity index (χ0v) is 21.0. The molecule has 2 aliphatic rings. The number of aromatic hydroxyl groups is 1. The Balaban J connectivity index is 1.74. The molecule has 0 saturated carbocycles. The lowest BCUT2D eigenvalue weighted by molar-refractivity contribution is -0.277. The molecular formula is C26H34O12. The molecule has 0 bridgehead atoms. The van der Waals surface area contributed by atoms with Crippen molar-refractivity contribution in [3.8, 4) is 23.0 Å². The van der Waals surface area contributed by atoms with Gasteiger partial charge in [-0.05, 0) is 41.0 Å². The van der Waals surface area contributed by atoms with Crippen LogP contribution in [0.1, 0.15) is 22.6 Å². The summed E-state index contributed by atoms with van der Waals surface area (Å²) < 4.78 is 21.9. The highest BCUT2D eigenvalue weighted by atomic mass is 16.7. The SMILES string of the molecule is COc1cc2c(cc1O)C(c1ccc(OC3OC(CO)C(O)C(O)C3O)c(OC)c1)C(CO)C(O)(CO)C2. The maximum absolute atomic E-state index is 11.3. The van der Waals surface area contributed by atoms with E-state index in [2.05, 4.69) is 0 Å². The van der Waals surface area contributed by atoms with Crippen LogP contribution in [0.3, 0.4) is 0 Å². The van der Waals surface area contributed by atoms with Crippen molar-refractivity contribution < 1.29 is 59.8 Å². The molecule has 0 spiro atoms. The van der Waals surface area contributed by atoms with Gasteiger partial charge in [0.2, 0.25) is 6.29 Å². The smallest absolute Gasteiger partial charge is 0.229 e. The summed E-state index contributed by atoms with van der Waals surface area (Å²) in [5, 5.41) is 82.0. The minimum atomic E-state index is -1.67. The lowest BCUT2D eigenvalue weighted by Crippen LogP contribution is -2.60. The molecule has 2 aromatic rings. The minimum absolute atomic E-state index is 0.0205. The number of phenolic OH excluding ortho intramolecular Hbond substituents is 1. The molecule has 2 aromatic carbocycles. The number of aliphatic hydroxyl groups is 7. The van der Waals surface area contributed by atoms with Crippen molar-refractivity contribution in [2.75, 3.05) is 34.0 Å². The molecule has 12 heteroatoms. The monoisotopic (exact) mass is 538 g/mol. The van der Waals surface area contributed by atoms with Gasteiger partial charge >= 0.3 is 0 Å². The number of aliphatic hydroxyl groups excluding tert-OH is 6. The fourth-order valence-corrected chi connectivity index (χ4v) is 5.35. The van der Waals surface area contributed by atoms with Crippen LogP contribution in [0.4, 0.5) is 0 Å². The first-order valence-electron chi connectivity index (χ1n) is 12.1. The Morgan fingerprint density at radius 2 is 1.61 bits per heavy atom. The Kier molecular flexibility index (Phi) is 8.35. The van der Waals surface area contributed by atoms with Crippen molar-refractivity contribution >= 4 is 0 Å². The second-order valence-electron chi connectivity index (χ2n) is 9.65. The van der Waals surface area contributed by atoms with Crippen LogP contribution in [-0.4, -0.2) is 111 Å². The normalized spacial score (nSPS) is 32.9. The number of hydrogen-bond donors (Lipinski definition) is 8. The van der Waals surface area contributed by atoms with Gasteiger partial charge in [-0.25, -0.2) is 0 Å². The first kappa shape index (κ1) is 28.3. The van der Waals surface area contributed by atoms with Crippen molar-refractivity contribution in [3.63, 3.8) is 0 Å². The highest BCUT2D eigenvalue weighted by Gasteiger charge is 2.48. The number of hydrogen-bond acceptors (Lipinski definition) is 12. The molecule has 38 heavy (non-hydrogen) atoms. The average molecular weight is 539 g/mol. The minimum Gasteiger partial charge on any atom is -0.504 e. The van der Waals surface area contributed by atoms with Crippen LogP contribution < -0.4 is 14.2 Å². The maximum atomic E-state index is 11.3. The lowest BCUT2D eigenvalue weighted by atomic mass is 9.64. The van der Waals surface area contributed by atoms with E-state index in [0.717, 1.165) is 0 Å². The Morgan fingerprint density at radius 1 is 0.895 bits per heavy atom. The predicted octanol–water partition coefficient (Wildman–Crippen LogP) is -1.39. The van der Waals surface area contributed by atoms with Gasteiger partial charge < -0.3 is 59.8 Å². The van der Waals surface area contributed by atoms with E-state index < -0.39 is 68.0 Å². The molecule has 0 aromatic heterocycles. The van der Waals surface area contributed by atoms with Crippen molar-refractivity contribution in [1.82, 2.24) is 0 Å².